The monoisotopic (exact) mass is 1090 g/mol. The quantitative estimate of drug-likeness (QED) is 0.0927. The first kappa shape index (κ1) is 56.7. The molecule has 1 N–H and O–H groups in total. The van der Waals surface area contributed by atoms with Gasteiger partial charge < -0.3 is 5.11 Å². The van der Waals surface area contributed by atoms with Gasteiger partial charge in [0, 0.05) is 66.8 Å². The van der Waals surface area contributed by atoms with Gasteiger partial charge in [0.1, 0.15) is 5.76 Å². The van der Waals surface area contributed by atoms with Crippen LogP contribution in [0.15, 0.2) is 248 Å². The Morgan fingerprint density at radius 3 is 0.786 bits per heavy atom. The van der Waals surface area contributed by atoms with E-state index in [0.29, 0.717) is 5.76 Å². The summed E-state index contributed by atoms with van der Waals surface area (Å²) in [5, 5.41) is 11.7. The van der Waals surface area contributed by atoms with E-state index in [1.165, 1.54) is 0 Å². The smallest absolute Gasteiger partial charge is 0 e. The van der Waals surface area contributed by atoms with Gasteiger partial charge in [-0.1, -0.05) is 243 Å². The zero-order chi connectivity index (χ0) is 48.7. The van der Waals surface area contributed by atoms with Gasteiger partial charge >= 0.3 is 45.2 Å². The normalized spacial score (nSPS) is 13.0. The topological polar surface area (TPSA) is 117 Å². The van der Waals surface area contributed by atoms with Crippen LogP contribution in [-0.4, -0.2) is 10.9 Å². The molecule has 0 aromatic heterocycles. The third kappa shape index (κ3) is 12.9. The number of rotatable bonds is 8. The van der Waals surface area contributed by atoms with Crippen LogP contribution in [0.1, 0.15) is 50.4 Å². The van der Waals surface area contributed by atoms with Crippen LogP contribution in [-0.2, 0) is 62.4 Å². The molecule has 0 spiro atoms. The fraction of sp³-hybridized carbons (Fsp3) is 0.0161. The molecular weight excluding hydrogens is 1040 g/mol. The van der Waals surface area contributed by atoms with Crippen molar-refractivity contribution < 1.29 is 67.5 Å². The van der Waals surface area contributed by atoms with Gasteiger partial charge in [-0.3, -0.25) is 4.79 Å². The summed E-state index contributed by atoms with van der Waals surface area (Å²) in [6.07, 6.45) is 0. The Hall–Kier alpha value is -7.60. The summed E-state index contributed by atoms with van der Waals surface area (Å²) in [5.74, 6) is 0.272. The van der Waals surface area contributed by atoms with Gasteiger partial charge in [-0.05, 0) is 55.7 Å². The summed E-state index contributed by atoms with van der Waals surface area (Å²) >= 11 is 0. The Morgan fingerprint density at radius 1 is 0.286 bits per heavy atom. The fourth-order valence-electron chi connectivity index (χ4n) is 8.54. The Balaban J connectivity index is 0.000000317. The molecule has 0 saturated carbocycles. The summed E-state index contributed by atoms with van der Waals surface area (Å²) < 4.78 is 30.0. The number of carbonyl (C=O) groups is 1. The van der Waals surface area contributed by atoms with Crippen molar-refractivity contribution in [3.8, 4) is 0 Å². The molecular formula is C62H42O6Ru2. The molecule has 2 aliphatic rings. The minimum atomic E-state index is -0.209. The number of carbonyl (C=O) groups excluding carboxylic acids is 1. The number of hydrogen-bond acceptors (Lipinski definition) is 2. The summed E-state index contributed by atoms with van der Waals surface area (Å²) in [6, 6.07) is 81.8. The fourth-order valence-corrected chi connectivity index (χ4v) is 8.54. The summed E-state index contributed by atoms with van der Waals surface area (Å²) in [5.41, 5.74) is 15.0. The molecule has 0 radical (unpaired) electrons. The summed E-state index contributed by atoms with van der Waals surface area (Å²) in [6.45, 7) is 18.0. The first-order valence-electron chi connectivity index (χ1n) is 21.1. The average Bonchev–Trinajstić information content (AvgIpc) is 3.93. The molecule has 0 bridgehead atoms. The predicted octanol–water partition coefficient (Wildman–Crippen LogP) is 14.0. The maximum atomic E-state index is 14.0. The van der Waals surface area contributed by atoms with E-state index in [2.05, 4.69) is 124 Å². The molecule has 6 nitrogen and oxygen atoms in total. The largest absolute Gasteiger partial charge is 0 e. The molecule has 8 heteroatoms. The molecule has 8 aromatic carbocycles. The van der Waals surface area contributed by atoms with E-state index < -0.39 is 0 Å². The first-order chi connectivity index (χ1) is 33.7. The molecule has 2 aliphatic carbocycles. The van der Waals surface area contributed by atoms with Crippen LogP contribution in [0.2, 0.25) is 0 Å². The van der Waals surface area contributed by atoms with Crippen molar-refractivity contribution in [1.82, 2.24) is 0 Å². The van der Waals surface area contributed by atoms with E-state index in [4.69, 9.17) is 18.6 Å². The number of aliphatic hydroxyl groups excluding tert-OH is 1. The Bertz CT molecular complexity index is 2970. The van der Waals surface area contributed by atoms with Crippen LogP contribution in [0, 0.1) is 26.6 Å². The molecule has 342 valence electrons. The summed E-state index contributed by atoms with van der Waals surface area (Å²) in [7, 11) is 0. The number of benzene rings is 8. The van der Waals surface area contributed by atoms with E-state index in [1.807, 2.05) is 146 Å². The average molecular weight is 1090 g/mol. The van der Waals surface area contributed by atoms with Crippen LogP contribution in [0.3, 0.4) is 0 Å². The Labute approximate surface area is 434 Å². The van der Waals surface area contributed by atoms with Gasteiger partial charge in [0.2, 0.25) is 0 Å². The second-order valence-corrected chi connectivity index (χ2v) is 14.8. The van der Waals surface area contributed by atoms with Crippen molar-refractivity contribution in [1.29, 1.82) is 0 Å². The first-order valence-corrected chi connectivity index (χ1v) is 21.1. The van der Waals surface area contributed by atoms with Crippen molar-refractivity contribution in [2.75, 3.05) is 0 Å². The van der Waals surface area contributed by atoms with Gasteiger partial charge in [-0.25, -0.2) is 0 Å². The van der Waals surface area contributed by atoms with Gasteiger partial charge in [0.25, 0.3) is 0 Å². The molecule has 0 amide bonds. The minimum absolute atomic E-state index is 0. The van der Waals surface area contributed by atoms with Crippen molar-refractivity contribution in [3.05, 3.63) is 320 Å². The maximum absolute atomic E-state index is 14.0. The van der Waals surface area contributed by atoms with Crippen molar-refractivity contribution in [3.63, 3.8) is 0 Å². The molecule has 10 rings (SSSR count). The van der Waals surface area contributed by atoms with Crippen molar-refractivity contribution in [2.45, 2.75) is 5.92 Å². The molecule has 1 atom stereocenters. The van der Waals surface area contributed by atoms with Crippen LogP contribution >= 0.6 is 0 Å². The SMILES string of the molecule is O=C1C(c2ccccc2)=C(c2ccccc2)C(c2ccccc2)=C1c1ccccc1.OC1=C(c2ccccc2)C(c2ccccc2)=C(c2ccccc2)C1c1ccccc1.[C-]#[O+].[C-]#[O+].[C-]#[O+].[C-]#[O+].[Ru].[Ru]. The maximum Gasteiger partial charge on any atom is 0 e. The third-order valence-electron chi connectivity index (χ3n) is 11.1. The number of ketones is 1. The van der Waals surface area contributed by atoms with Gasteiger partial charge in [-0.2, -0.15) is 0 Å². The predicted molar refractivity (Wildman–Crippen MR) is 265 cm³/mol. The van der Waals surface area contributed by atoms with E-state index in [-0.39, 0.29) is 50.7 Å². The number of allylic oxidation sites excluding steroid dienone is 7. The van der Waals surface area contributed by atoms with Crippen molar-refractivity contribution in [2.24, 2.45) is 0 Å². The summed E-state index contributed by atoms with van der Waals surface area (Å²) in [4.78, 5) is 14.0. The second-order valence-electron chi connectivity index (χ2n) is 14.8. The van der Waals surface area contributed by atoms with E-state index in [9.17, 15) is 9.90 Å². The molecule has 0 saturated heterocycles. The van der Waals surface area contributed by atoms with E-state index >= 15 is 0 Å². The molecule has 70 heavy (non-hydrogen) atoms. The van der Waals surface area contributed by atoms with Gasteiger partial charge in [0.05, 0.1) is 5.92 Å². The van der Waals surface area contributed by atoms with Crippen LogP contribution in [0.4, 0.5) is 0 Å². The molecule has 8 aromatic rings. The Morgan fingerprint density at radius 2 is 0.500 bits per heavy atom. The van der Waals surface area contributed by atoms with E-state index in [1.54, 1.807) is 0 Å². The molecule has 1 unspecified atom stereocenters. The minimum Gasteiger partial charge on any atom is 0 e. The van der Waals surface area contributed by atoms with Crippen LogP contribution < -0.4 is 0 Å². The van der Waals surface area contributed by atoms with Crippen LogP contribution in [0.5, 0.6) is 0 Å². The number of hydrogen-bond donors (Lipinski definition) is 1. The van der Waals surface area contributed by atoms with Crippen LogP contribution in [0.25, 0.3) is 39.0 Å². The second kappa shape index (κ2) is 30.0. The number of Topliss-reactive ketones (excluding diaryl/α,β-unsaturated/α-hetero) is 1. The molecule has 0 heterocycles. The zero-order valence-corrected chi connectivity index (χ0v) is 40.8. The van der Waals surface area contributed by atoms with Gasteiger partial charge in [-0.15, -0.1) is 0 Å². The van der Waals surface area contributed by atoms with Gasteiger partial charge in [0.15, 0.2) is 5.78 Å². The number of aliphatic hydroxyl groups is 1. The van der Waals surface area contributed by atoms with E-state index in [0.717, 1.165) is 83.5 Å². The molecule has 0 aliphatic heterocycles. The standard InChI is InChI=1S/C29H22O.C29H20O.4CO.2Ru/c2*30-29-27(23-17-9-3-10-18-23)25(21-13-5-1-6-14-21)26(22-15-7-2-8-16-22)28(29)24-19-11-4-12-20-24;4*1-2;;/h1-20,27,30H;1-20H;;;;;;. The Kier molecular flexibility index (Phi) is 24.3. The van der Waals surface area contributed by atoms with Crippen molar-refractivity contribution >= 4 is 44.8 Å². The zero-order valence-electron chi connectivity index (χ0n) is 37.4. The molecule has 0 fully saturated rings. The third-order valence-corrected chi connectivity index (χ3v) is 11.1.